The van der Waals surface area contributed by atoms with Crippen LogP contribution in [0, 0.1) is 0 Å². The van der Waals surface area contributed by atoms with E-state index in [0.717, 1.165) is 37.5 Å². The minimum atomic E-state index is -5.10. The lowest BCUT2D eigenvalue weighted by Gasteiger charge is -2.43. The lowest BCUT2D eigenvalue weighted by molar-refractivity contribution is -0.179. The van der Waals surface area contributed by atoms with Gasteiger partial charge in [-0.25, -0.2) is 23.6 Å². The number of rotatable bonds is 14. The quantitative estimate of drug-likeness (QED) is 0.0641. The number of piperazine rings is 1. The van der Waals surface area contributed by atoms with Crippen molar-refractivity contribution in [2.24, 2.45) is 5.16 Å². The summed E-state index contributed by atoms with van der Waals surface area (Å²) in [6, 6.07) is -2.95. The summed E-state index contributed by atoms with van der Waals surface area (Å²) in [5.41, 5.74) is -3.86. The Bertz CT molecular complexity index is 1930. The summed E-state index contributed by atoms with van der Waals surface area (Å²) in [4.78, 5) is 78.6. The van der Waals surface area contributed by atoms with Gasteiger partial charge in [-0.15, -0.1) is 16.4 Å². The van der Waals surface area contributed by atoms with Crippen LogP contribution >= 0.6 is 11.3 Å². The summed E-state index contributed by atoms with van der Waals surface area (Å²) in [6.45, 7) is 15.7. The Morgan fingerprint density at radius 3 is 2.27 bits per heavy atom. The Morgan fingerprint density at radius 2 is 1.66 bits per heavy atom. The largest absolute Gasteiger partial charge is 0.457 e. The van der Waals surface area contributed by atoms with Crippen molar-refractivity contribution in [1.82, 2.24) is 44.7 Å². The number of amides is 4. The number of carbonyl (C=O) groups is 5. The highest BCUT2D eigenvalue weighted by Crippen LogP contribution is 2.26. The van der Waals surface area contributed by atoms with Crippen molar-refractivity contribution < 1.29 is 51.3 Å². The van der Waals surface area contributed by atoms with Gasteiger partial charge in [-0.05, 0) is 62.4 Å². The van der Waals surface area contributed by atoms with Crippen LogP contribution in [0.2, 0.25) is 0 Å². The van der Waals surface area contributed by atoms with Crippen molar-refractivity contribution in [1.29, 1.82) is 0 Å². The molecule has 310 valence electrons. The number of esters is 1. The summed E-state index contributed by atoms with van der Waals surface area (Å²) in [5.74, 6) is -3.32. The molecule has 4 heterocycles. The molecule has 0 bridgehead atoms. The lowest BCUT2D eigenvalue weighted by atomic mass is 9.98. The van der Waals surface area contributed by atoms with Gasteiger partial charge >= 0.3 is 22.4 Å². The standard InChI is InChI=1S/C32H49N11O11S2/c1-30(2,3)52-27(47)32(7,8)54-38-23(20-18-55-28(34-20)36-29(48)53-31(4,5)6)25(45)35-24-21(43(26(24)46)56(49,50)51)16-42-15-19(37-39-42)14-33-22(44)17-41-12-10-40(9)11-13-41/h15,18,21,24H,10-14,16-17H2,1-9H3,(H,33,44)(H,35,45)(H,34,36,48)(H,49,50,51)/t21-,24+/m1/s1. The molecule has 22 nitrogen and oxygen atoms in total. The molecule has 2 aromatic heterocycles. The van der Waals surface area contributed by atoms with Gasteiger partial charge in [-0.2, -0.15) is 8.42 Å². The number of β-lactam (4-membered cyclic amide) rings is 1. The predicted octanol–water partition coefficient (Wildman–Crippen LogP) is -0.0152. The number of likely N-dealkylation sites (N-methyl/N-ethyl adjacent to an activating group) is 1. The number of nitrogens with zero attached hydrogens (tertiary/aromatic N) is 8. The minimum absolute atomic E-state index is 0.00574. The number of carbonyl (C=O) groups excluding carboxylic acids is 5. The van der Waals surface area contributed by atoms with Crippen molar-refractivity contribution in [3.05, 3.63) is 23.0 Å². The van der Waals surface area contributed by atoms with Gasteiger partial charge in [0, 0.05) is 31.6 Å². The molecule has 4 N–H and O–H groups in total. The van der Waals surface area contributed by atoms with Crippen molar-refractivity contribution in [3.63, 3.8) is 0 Å². The molecule has 0 aromatic carbocycles. The molecule has 2 atom stereocenters. The molecule has 0 spiro atoms. The van der Waals surface area contributed by atoms with E-state index >= 15 is 0 Å². The first kappa shape index (κ1) is 43.9. The van der Waals surface area contributed by atoms with Gasteiger partial charge in [0.15, 0.2) is 10.8 Å². The van der Waals surface area contributed by atoms with E-state index in [0.29, 0.717) is 5.69 Å². The summed E-state index contributed by atoms with van der Waals surface area (Å²) in [6.07, 6.45) is 0.578. The van der Waals surface area contributed by atoms with Gasteiger partial charge < -0.3 is 29.8 Å². The highest BCUT2D eigenvalue weighted by molar-refractivity contribution is 7.84. The summed E-state index contributed by atoms with van der Waals surface area (Å²) < 4.78 is 46.4. The third kappa shape index (κ3) is 12.4. The van der Waals surface area contributed by atoms with E-state index in [-0.39, 0.29) is 40.7 Å². The average molecular weight is 828 g/mol. The molecule has 2 saturated heterocycles. The minimum Gasteiger partial charge on any atom is -0.457 e. The van der Waals surface area contributed by atoms with Gasteiger partial charge in [-0.3, -0.25) is 29.2 Å². The first-order valence-corrected chi connectivity index (χ1v) is 19.7. The van der Waals surface area contributed by atoms with Crippen LogP contribution in [0.4, 0.5) is 9.93 Å². The third-order valence-corrected chi connectivity index (χ3v) is 9.63. The summed E-state index contributed by atoms with van der Waals surface area (Å²) in [7, 11) is -3.09. The highest BCUT2D eigenvalue weighted by Gasteiger charge is 2.54. The normalized spacial score (nSPS) is 18.9. The van der Waals surface area contributed by atoms with Crippen molar-refractivity contribution >= 4 is 62.3 Å². The van der Waals surface area contributed by atoms with Crippen molar-refractivity contribution in [3.8, 4) is 0 Å². The van der Waals surface area contributed by atoms with E-state index in [2.05, 4.69) is 41.3 Å². The van der Waals surface area contributed by atoms with Crippen LogP contribution in [0.25, 0.3) is 0 Å². The molecule has 2 aliphatic rings. The van der Waals surface area contributed by atoms with Crippen LogP contribution in [-0.2, 0) is 56.9 Å². The van der Waals surface area contributed by atoms with Crippen LogP contribution < -0.4 is 16.0 Å². The fourth-order valence-corrected chi connectivity index (χ4v) is 6.69. The first-order valence-electron chi connectivity index (χ1n) is 17.4. The number of nitrogens with one attached hydrogen (secondary N) is 3. The number of ether oxygens (including phenoxy) is 2. The number of hydrogen-bond acceptors (Lipinski definition) is 17. The fraction of sp³-hybridized carbons (Fsp3) is 0.656. The molecular weight excluding hydrogens is 779 g/mol. The summed E-state index contributed by atoms with van der Waals surface area (Å²) >= 11 is 0.892. The highest BCUT2D eigenvalue weighted by atomic mass is 32.2. The maximum atomic E-state index is 13.8. The topological polar surface area (TPSA) is 269 Å². The molecule has 0 radical (unpaired) electrons. The van der Waals surface area contributed by atoms with E-state index in [1.165, 1.54) is 30.1 Å². The number of aromatic nitrogens is 4. The van der Waals surface area contributed by atoms with Crippen LogP contribution in [0.15, 0.2) is 16.7 Å². The molecule has 2 aromatic rings. The lowest BCUT2D eigenvalue weighted by Crippen LogP contribution is -2.73. The smallest absolute Gasteiger partial charge is 0.413 e. The number of anilines is 1. The Balaban J connectivity index is 1.52. The monoisotopic (exact) mass is 827 g/mol. The maximum Gasteiger partial charge on any atom is 0.413 e. The fourth-order valence-electron chi connectivity index (χ4n) is 5.14. The molecule has 56 heavy (non-hydrogen) atoms. The molecule has 4 rings (SSSR count). The second kappa shape index (κ2) is 17.2. The van der Waals surface area contributed by atoms with E-state index in [1.807, 2.05) is 11.9 Å². The molecule has 0 aliphatic carbocycles. The Kier molecular flexibility index (Phi) is 13.5. The van der Waals surface area contributed by atoms with E-state index in [4.69, 9.17) is 14.3 Å². The van der Waals surface area contributed by atoms with Crippen molar-refractivity contribution in [2.75, 3.05) is 45.1 Å². The maximum absolute atomic E-state index is 13.8. The number of oxime groups is 1. The molecular formula is C32H49N11O11S2. The number of thiazole rings is 1. The number of hydrogen-bond donors (Lipinski definition) is 4. The van der Waals surface area contributed by atoms with Crippen molar-refractivity contribution in [2.45, 2.75) is 97.4 Å². The van der Waals surface area contributed by atoms with Gasteiger partial charge in [0.25, 0.3) is 11.8 Å². The summed E-state index contributed by atoms with van der Waals surface area (Å²) in [5, 5.41) is 20.8. The second-order valence-electron chi connectivity index (χ2n) is 15.6. The Hall–Kier alpha value is -4.78. The van der Waals surface area contributed by atoms with Crippen LogP contribution in [0.3, 0.4) is 0 Å². The molecule has 2 fully saturated rings. The van der Waals surface area contributed by atoms with Gasteiger partial charge in [-0.1, -0.05) is 10.4 Å². The van der Waals surface area contributed by atoms with Crippen LogP contribution in [0.5, 0.6) is 0 Å². The molecule has 2 aliphatic heterocycles. The molecule has 24 heteroatoms. The zero-order chi connectivity index (χ0) is 41.8. The Labute approximate surface area is 328 Å². The predicted molar refractivity (Wildman–Crippen MR) is 199 cm³/mol. The average Bonchev–Trinajstić information content (AvgIpc) is 3.70. The van der Waals surface area contributed by atoms with Crippen LogP contribution in [-0.4, -0.2) is 151 Å². The van der Waals surface area contributed by atoms with E-state index in [9.17, 15) is 36.9 Å². The molecule has 0 unspecified atom stereocenters. The van der Waals surface area contributed by atoms with E-state index < -0.39 is 68.8 Å². The zero-order valence-electron chi connectivity index (χ0n) is 32.7. The van der Waals surface area contributed by atoms with Gasteiger partial charge in [0.1, 0.15) is 28.6 Å². The molecule has 4 amide bonds. The zero-order valence-corrected chi connectivity index (χ0v) is 34.3. The molecule has 0 saturated carbocycles. The SMILES string of the molecule is CN1CCN(CC(=O)NCc2cn(C[C@@H]3[C@H](NC(=O)C(=NOC(C)(C)C(=O)OC(C)(C)C)c4csc(NC(=O)OC(C)(C)C)n4)C(=O)N3S(=O)(=O)O)nn2)CC1. The van der Waals surface area contributed by atoms with Crippen LogP contribution in [0.1, 0.15) is 66.8 Å². The second-order valence-corrected chi connectivity index (χ2v) is 17.8. The van der Waals surface area contributed by atoms with Gasteiger partial charge in [0.2, 0.25) is 11.5 Å². The third-order valence-electron chi connectivity index (χ3n) is 7.92. The van der Waals surface area contributed by atoms with Gasteiger partial charge in [0.05, 0.1) is 31.9 Å². The van der Waals surface area contributed by atoms with E-state index in [1.54, 1.807) is 41.5 Å². The first-order chi connectivity index (χ1) is 25.8. The Morgan fingerprint density at radius 1 is 1.02 bits per heavy atom.